The summed E-state index contributed by atoms with van der Waals surface area (Å²) in [5.41, 5.74) is 0.0197. The zero-order chi connectivity index (χ0) is 9.61. The van der Waals surface area contributed by atoms with Crippen LogP contribution < -0.4 is 0 Å². The van der Waals surface area contributed by atoms with Crippen LogP contribution in [0.4, 0.5) is 0 Å². The van der Waals surface area contributed by atoms with Crippen LogP contribution in [0.5, 0.6) is 0 Å². The number of aliphatic hydroxyl groups excluding tert-OH is 1. The molecule has 0 aromatic carbocycles. The Labute approximate surface area is 74.5 Å². The van der Waals surface area contributed by atoms with Gasteiger partial charge in [-0.1, -0.05) is 20.8 Å². The summed E-state index contributed by atoms with van der Waals surface area (Å²) in [7, 11) is -1.81. The second-order valence-electron chi connectivity index (χ2n) is 3.63. The van der Waals surface area contributed by atoms with Crippen LogP contribution in [0.25, 0.3) is 0 Å². The van der Waals surface area contributed by atoms with Crippen LogP contribution in [-0.2, 0) is 9.05 Å². The molecule has 0 saturated heterocycles. The molecule has 0 rings (SSSR count). The summed E-state index contributed by atoms with van der Waals surface area (Å²) in [4.78, 5) is 9.05. The number of hydrogen-bond acceptors (Lipinski definition) is 4. The van der Waals surface area contributed by atoms with E-state index in [9.17, 15) is 0 Å². The average Bonchev–Trinajstić information content (AvgIpc) is 1.95. The van der Waals surface area contributed by atoms with Crippen molar-refractivity contribution < 1.29 is 19.0 Å². The van der Waals surface area contributed by atoms with Gasteiger partial charge in [-0.05, 0) is 5.41 Å². The van der Waals surface area contributed by atoms with Crippen LogP contribution >= 0.6 is 8.60 Å². The highest BCUT2D eigenvalue weighted by Crippen LogP contribution is 2.34. The Hall–Kier alpha value is 0.270. The van der Waals surface area contributed by atoms with Crippen molar-refractivity contribution in [2.75, 3.05) is 19.8 Å². The first-order chi connectivity index (χ1) is 5.45. The Morgan fingerprint density at radius 2 is 1.83 bits per heavy atom. The van der Waals surface area contributed by atoms with Crippen LogP contribution in [-0.4, -0.2) is 29.8 Å². The summed E-state index contributed by atoms with van der Waals surface area (Å²) in [6.45, 7) is 6.47. The van der Waals surface area contributed by atoms with Crippen molar-refractivity contribution in [2.24, 2.45) is 5.41 Å². The molecule has 74 valence electrons. The molecule has 0 aliphatic carbocycles. The van der Waals surface area contributed by atoms with Crippen LogP contribution in [0.3, 0.4) is 0 Å². The van der Waals surface area contributed by atoms with Gasteiger partial charge in [0, 0.05) is 0 Å². The standard InChI is InChI=1S/C7H17O4P/c1-7(2,3)6-11-12(9)10-5-4-8/h8-9H,4-6H2,1-3H3. The van der Waals surface area contributed by atoms with E-state index in [4.69, 9.17) is 19.0 Å². The molecule has 12 heavy (non-hydrogen) atoms. The van der Waals surface area contributed by atoms with E-state index in [0.29, 0.717) is 6.61 Å². The minimum Gasteiger partial charge on any atom is -0.394 e. The Balaban J connectivity index is 3.37. The molecule has 5 heteroatoms. The maximum atomic E-state index is 9.05. The maximum Gasteiger partial charge on any atom is 0.329 e. The molecule has 0 aliphatic heterocycles. The lowest BCUT2D eigenvalue weighted by molar-refractivity contribution is 0.130. The van der Waals surface area contributed by atoms with E-state index in [1.165, 1.54) is 0 Å². The fourth-order valence-corrected chi connectivity index (χ4v) is 1.22. The van der Waals surface area contributed by atoms with Crippen LogP contribution in [0.2, 0.25) is 0 Å². The van der Waals surface area contributed by atoms with Crippen molar-refractivity contribution in [1.82, 2.24) is 0 Å². The van der Waals surface area contributed by atoms with E-state index < -0.39 is 8.60 Å². The molecule has 0 aliphatic rings. The van der Waals surface area contributed by atoms with Crippen molar-refractivity contribution in [3.05, 3.63) is 0 Å². The average molecular weight is 196 g/mol. The summed E-state index contributed by atoms with van der Waals surface area (Å²) in [5, 5.41) is 8.36. The van der Waals surface area contributed by atoms with E-state index in [1.54, 1.807) is 0 Å². The van der Waals surface area contributed by atoms with Crippen LogP contribution in [0.15, 0.2) is 0 Å². The summed E-state index contributed by atoms with van der Waals surface area (Å²) >= 11 is 0. The largest absolute Gasteiger partial charge is 0.394 e. The Kier molecular flexibility index (Phi) is 5.97. The van der Waals surface area contributed by atoms with E-state index in [1.807, 2.05) is 20.8 Å². The van der Waals surface area contributed by atoms with Crippen LogP contribution in [0.1, 0.15) is 20.8 Å². The van der Waals surface area contributed by atoms with E-state index in [2.05, 4.69) is 0 Å². The fraction of sp³-hybridized carbons (Fsp3) is 1.00. The van der Waals surface area contributed by atoms with Gasteiger partial charge in [0.05, 0.1) is 19.8 Å². The summed E-state index contributed by atoms with van der Waals surface area (Å²) < 4.78 is 9.73. The first kappa shape index (κ1) is 12.3. The Bertz CT molecular complexity index is 112. The highest BCUT2D eigenvalue weighted by molar-refractivity contribution is 7.40. The molecule has 0 saturated carbocycles. The third-order valence-electron chi connectivity index (χ3n) is 0.901. The van der Waals surface area contributed by atoms with Crippen molar-refractivity contribution in [2.45, 2.75) is 20.8 Å². The van der Waals surface area contributed by atoms with Gasteiger partial charge in [0.2, 0.25) is 0 Å². The minimum absolute atomic E-state index is 0.0197. The maximum absolute atomic E-state index is 9.05. The van der Waals surface area contributed by atoms with Crippen molar-refractivity contribution >= 4 is 8.60 Å². The highest BCUT2D eigenvalue weighted by atomic mass is 31.2. The predicted molar refractivity (Wildman–Crippen MR) is 47.6 cm³/mol. The Morgan fingerprint density at radius 3 is 2.25 bits per heavy atom. The monoisotopic (exact) mass is 196 g/mol. The molecular weight excluding hydrogens is 179 g/mol. The van der Waals surface area contributed by atoms with Crippen molar-refractivity contribution in [3.63, 3.8) is 0 Å². The molecule has 0 aromatic rings. The first-order valence-corrected chi connectivity index (χ1v) is 4.94. The predicted octanol–water partition coefficient (Wildman–Crippen LogP) is 1.28. The second kappa shape index (κ2) is 5.84. The van der Waals surface area contributed by atoms with Gasteiger partial charge in [-0.2, -0.15) is 0 Å². The van der Waals surface area contributed by atoms with Crippen molar-refractivity contribution in [1.29, 1.82) is 0 Å². The molecule has 1 unspecified atom stereocenters. The lowest BCUT2D eigenvalue weighted by Gasteiger charge is -2.19. The van der Waals surface area contributed by atoms with Gasteiger partial charge in [0.25, 0.3) is 0 Å². The summed E-state index contributed by atoms with van der Waals surface area (Å²) in [6, 6.07) is 0. The summed E-state index contributed by atoms with van der Waals surface area (Å²) in [5.74, 6) is 0. The molecular formula is C7H17O4P. The van der Waals surface area contributed by atoms with Gasteiger partial charge in [0.15, 0.2) is 0 Å². The Morgan fingerprint density at radius 1 is 1.25 bits per heavy atom. The molecule has 1 atom stereocenters. The van der Waals surface area contributed by atoms with Gasteiger partial charge in [-0.15, -0.1) is 0 Å². The molecule has 2 N–H and O–H groups in total. The lowest BCUT2D eigenvalue weighted by atomic mass is 9.99. The summed E-state index contributed by atoms with van der Waals surface area (Å²) in [6.07, 6.45) is 0. The minimum atomic E-state index is -1.81. The lowest BCUT2D eigenvalue weighted by Crippen LogP contribution is -2.13. The van der Waals surface area contributed by atoms with Gasteiger partial charge < -0.3 is 19.0 Å². The molecule has 4 nitrogen and oxygen atoms in total. The number of hydrogen-bond donors (Lipinski definition) is 2. The van der Waals surface area contributed by atoms with E-state index in [0.717, 1.165) is 0 Å². The number of rotatable bonds is 5. The van der Waals surface area contributed by atoms with Gasteiger partial charge in [0.1, 0.15) is 0 Å². The quantitative estimate of drug-likeness (QED) is 0.650. The molecule has 0 radical (unpaired) electrons. The third kappa shape index (κ3) is 8.37. The topological polar surface area (TPSA) is 58.9 Å². The molecule has 0 heterocycles. The molecule has 0 amide bonds. The fourth-order valence-electron chi connectivity index (χ4n) is 0.405. The number of aliphatic hydroxyl groups is 1. The first-order valence-electron chi connectivity index (χ1n) is 3.81. The molecule has 0 spiro atoms. The molecule has 0 fully saturated rings. The zero-order valence-corrected chi connectivity index (χ0v) is 8.67. The highest BCUT2D eigenvalue weighted by Gasteiger charge is 2.14. The third-order valence-corrected chi connectivity index (χ3v) is 1.65. The van der Waals surface area contributed by atoms with Gasteiger partial charge >= 0.3 is 8.60 Å². The molecule has 0 bridgehead atoms. The van der Waals surface area contributed by atoms with E-state index in [-0.39, 0.29) is 18.6 Å². The normalized spacial score (nSPS) is 14.8. The SMILES string of the molecule is CC(C)(C)COP(O)OCCO. The van der Waals surface area contributed by atoms with Gasteiger partial charge in [-0.3, -0.25) is 0 Å². The zero-order valence-electron chi connectivity index (χ0n) is 7.78. The van der Waals surface area contributed by atoms with Crippen LogP contribution in [0, 0.1) is 5.41 Å². The molecule has 0 aromatic heterocycles. The van der Waals surface area contributed by atoms with E-state index >= 15 is 0 Å². The van der Waals surface area contributed by atoms with Crippen molar-refractivity contribution in [3.8, 4) is 0 Å². The second-order valence-corrected chi connectivity index (χ2v) is 4.62. The van der Waals surface area contributed by atoms with Gasteiger partial charge in [-0.25, -0.2) is 0 Å². The smallest absolute Gasteiger partial charge is 0.329 e.